The Kier molecular flexibility index (Phi) is 4.15. The van der Waals surface area contributed by atoms with Crippen LogP contribution in [0.4, 0.5) is 0 Å². The van der Waals surface area contributed by atoms with E-state index in [1.54, 1.807) is 6.20 Å². The van der Waals surface area contributed by atoms with Gasteiger partial charge in [0.15, 0.2) is 0 Å². The van der Waals surface area contributed by atoms with E-state index in [1.807, 2.05) is 13.0 Å². The lowest BCUT2D eigenvalue weighted by Crippen LogP contribution is -2.25. The average Bonchev–Trinajstić information content (AvgIpc) is 2.76. The largest absolute Gasteiger partial charge is 0.445 e. The van der Waals surface area contributed by atoms with Gasteiger partial charge in [-0.1, -0.05) is 44.2 Å². The normalized spacial score (nSPS) is 12.9. The van der Waals surface area contributed by atoms with Crippen LogP contribution in [-0.4, -0.2) is 4.98 Å². The topological polar surface area (TPSA) is 38.1 Å². The molecule has 1 unspecified atom stereocenters. The molecule has 2 aromatic rings. The van der Waals surface area contributed by atoms with Crippen molar-refractivity contribution in [3.63, 3.8) is 0 Å². The predicted molar refractivity (Wildman–Crippen MR) is 72.1 cm³/mol. The quantitative estimate of drug-likeness (QED) is 0.875. The highest BCUT2D eigenvalue weighted by Crippen LogP contribution is 2.21. The van der Waals surface area contributed by atoms with Crippen molar-refractivity contribution in [3.05, 3.63) is 53.7 Å². The number of aryl methyl sites for hydroxylation is 1. The van der Waals surface area contributed by atoms with E-state index in [-0.39, 0.29) is 0 Å². The Morgan fingerprint density at radius 1 is 1.22 bits per heavy atom. The maximum Gasteiger partial charge on any atom is 0.208 e. The van der Waals surface area contributed by atoms with E-state index in [0.717, 1.165) is 11.7 Å². The summed E-state index contributed by atoms with van der Waals surface area (Å²) in [5, 5.41) is 3.51. The van der Waals surface area contributed by atoms with Crippen LogP contribution in [-0.2, 0) is 6.54 Å². The van der Waals surface area contributed by atoms with Gasteiger partial charge in [0.25, 0.3) is 0 Å². The highest BCUT2D eigenvalue weighted by atomic mass is 16.4. The van der Waals surface area contributed by atoms with Crippen LogP contribution in [0.15, 0.2) is 40.9 Å². The highest BCUT2D eigenvalue weighted by Gasteiger charge is 2.15. The van der Waals surface area contributed by atoms with Gasteiger partial charge in [-0.25, -0.2) is 4.98 Å². The number of nitrogens with one attached hydrogen (secondary N) is 1. The Balaban J connectivity index is 2.03. The minimum atomic E-state index is 0.318. The minimum Gasteiger partial charge on any atom is -0.445 e. The first kappa shape index (κ1) is 12.8. The van der Waals surface area contributed by atoms with Gasteiger partial charge in [0.1, 0.15) is 5.76 Å². The summed E-state index contributed by atoms with van der Waals surface area (Å²) < 4.78 is 5.48. The Labute approximate surface area is 108 Å². The highest BCUT2D eigenvalue weighted by molar-refractivity contribution is 5.19. The summed E-state index contributed by atoms with van der Waals surface area (Å²) >= 11 is 0. The summed E-state index contributed by atoms with van der Waals surface area (Å²) in [5.74, 6) is 2.12. The Hall–Kier alpha value is -1.61. The van der Waals surface area contributed by atoms with Crippen LogP contribution in [0.5, 0.6) is 0 Å². The molecular weight excluding hydrogens is 224 g/mol. The van der Waals surface area contributed by atoms with Gasteiger partial charge in [0.2, 0.25) is 5.89 Å². The lowest BCUT2D eigenvalue weighted by atomic mass is 9.96. The van der Waals surface area contributed by atoms with Gasteiger partial charge >= 0.3 is 0 Å². The zero-order chi connectivity index (χ0) is 13.0. The zero-order valence-electron chi connectivity index (χ0n) is 11.2. The van der Waals surface area contributed by atoms with E-state index in [4.69, 9.17) is 4.42 Å². The van der Waals surface area contributed by atoms with E-state index in [0.29, 0.717) is 18.5 Å². The molecule has 1 N–H and O–H groups in total. The summed E-state index contributed by atoms with van der Waals surface area (Å²) in [5.41, 5.74) is 1.30. The van der Waals surface area contributed by atoms with Crippen molar-refractivity contribution in [1.29, 1.82) is 0 Å². The van der Waals surface area contributed by atoms with Gasteiger partial charge in [0, 0.05) is 6.04 Å². The van der Waals surface area contributed by atoms with Crippen LogP contribution >= 0.6 is 0 Å². The maximum absolute atomic E-state index is 5.48. The van der Waals surface area contributed by atoms with Crippen LogP contribution in [0.3, 0.4) is 0 Å². The molecule has 0 saturated heterocycles. The van der Waals surface area contributed by atoms with Gasteiger partial charge in [-0.05, 0) is 18.4 Å². The number of benzene rings is 1. The van der Waals surface area contributed by atoms with Gasteiger partial charge in [-0.3, -0.25) is 0 Å². The first-order chi connectivity index (χ1) is 8.66. The maximum atomic E-state index is 5.48. The molecule has 3 nitrogen and oxygen atoms in total. The fourth-order valence-corrected chi connectivity index (χ4v) is 2.08. The molecule has 0 bridgehead atoms. The monoisotopic (exact) mass is 244 g/mol. The van der Waals surface area contributed by atoms with Crippen LogP contribution in [0.25, 0.3) is 0 Å². The molecule has 1 aromatic heterocycles. The number of aromatic nitrogens is 1. The average molecular weight is 244 g/mol. The summed E-state index contributed by atoms with van der Waals surface area (Å²) in [6, 6.07) is 10.8. The molecule has 0 amide bonds. The summed E-state index contributed by atoms with van der Waals surface area (Å²) in [6.45, 7) is 7.00. The predicted octanol–water partition coefficient (Wildman–Crippen LogP) is 3.47. The van der Waals surface area contributed by atoms with Crippen LogP contribution in [0.2, 0.25) is 0 Å². The number of hydrogen-bond donors (Lipinski definition) is 1. The van der Waals surface area contributed by atoms with Gasteiger partial charge in [0.05, 0.1) is 12.7 Å². The van der Waals surface area contributed by atoms with Crippen LogP contribution < -0.4 is 5.32 Å². The molecule has 1 aromatic carbocycles. The fourth-order valence-electron chi connectivity index (χ4n) is 2.08. The molecule has 96 valence electrons. The third-order valence-electron chi connectivity index (χ3n) is 2.97. The third-order valence-corrected chi connectivity index (χ3v) is 2.97. The lowest BCUT2D eigenvalue weighted by Gasteiger charge is -2.22. The number of oxazole rings is 1. The summed E-state index contributed by atoms with van der Waals surface area (Å²) in [4.78, 5) is 4.21. The molecule has 3 heteroatoms. The standard InChI is InChI=1S/C15H20N2O/c1-11(2)15(13-7-5-4-6-8-13)17-10-14-16-9-12(3)18-14/h4-9,11,15,17H,10H2,1-3H3. The summed E-state index contributed by atoms with van der Waals surface area (Å²) in [7, 11) is 0. The molecule has 0 aliphatic heterocycles. The fraction of sp³-hybridized carbons (Fsp3) is 0.400. The Morgan fingerprint density at radius 2 is 1.94 bits per heavy atom. The van der Waals surface area contributed by atoms with E-state index in [2.05, 4.69) is 48.4 Å². The third kappa shape index (κ3) is 3.20. The Morgan fingerprint density at radius 3 is 2.50 bits per heavy atom. The van der Waals surface area contributed by atoms with Crippen molar-refractivity contribution in [3.8, 4) is 0 Å². The van der Waals surface area contributed by atoms with Crippen molar-refractivity contribution in [1.82, 2.24) is 10.3 Å². The molecule has 1 heterocycles. The minimum absolute atomic E-state index is 0.318. The first-order valence-corrected chi connectivity index (χ1v) is 6.36. The van der Waals surface area contributed by atoms with Crippen molar-refractivity contribution in [2.24, 2.45) is 5.92 Å². The second-order valence-electron chi connectivity index (χ2n) is 4.88. The molecule has 0 aliphatic carbocycles. The molecule has 0 radical (unpaired) electrons. The Bertz CT molecular complexity index is 476. The molecule has 0 fully saturated rings. The second-order valence-corrected chi connectivity index (χ2v) is 4.88. The number of rotatable bonds is 5. The molecule has 18 heavy (non-hydrogen) atoms. The van der Waals surface area contributed by atoms with Gasteiger partial charge in [-0.15, -0.1) is 0 Å². The van der Waals surface area contributed by atoms with Crippen molar-refractivity contribution in [2.75, 3.05) is 0 Å². The zero-order valence-corrected chi connectivity index (χ0v) is 11.2. The molecular formula is C15H20N2O. The van der Waals surface area contributed by atoms with Gasteiger partial charge < -0.3 is 9.73 Å². The first-order valence-electron chi connectivity index (χ1n) is 6.36. The van der Waals surface area contributed by atoms with E-state index >= 15 is 0 Å². The van der Waals surface area contributed by atoms with Crippen LogP contribution in [0.1, 0.15) is 37.1 Å². The number of nitrogens with zero attached hydrogens (tertiary/aromatic N) is 1. The molecule has 0 saturated carbocycles. The van der Waals surface area contributed by atoms with E-state index < -0.39 is 0 Å². The SMILES string of the molecule is Cc1cnc(CNC(c2ccccc2)C(C)C)o1. The van der Waals surface area contributed by atoms with Gasteiger partial charge in [-0.2, -0.15) is 0 Å². The molecule has 0 aliphatic rings. The second kappa shape index (κ2) is 5.83. The number of hydrogen-bond acceptors (Lipinski definition) is 3. The molecule has 0 spiro atoms. The van der Waals surface area contributed by atoms with Crippen LogP contribution in [0, 0.1) is 12.8 Å². The molecule has 2 rings (SSSR count). The lowest BCUT2D eigenvalue weighted by molar-refractivity contribution is 0.373. The van der Waals surface area contributed by atoms with Crippen molar-refractivity contribution in [2.45, 2.75) is 33.4 Å². The van der Waals surface area contributed by atoms with Crippen molar-refractivity contribution >= 4 is 0 Å². The van der Waals surface area contributed by atoms with E-state index in [1.165, 1.54) is 5.56 Å². The van der Waals surface area contributed by atoms with Crippen molar-refractivity contribution < 1.29 is 4.42 Å². The summed E-state index contributed by atoms with van der Waals surface area (Å²) in [6.07, 6.45) is 1.75. The smallest absolute Gasteiger partial charge is 0.208 e. The van der Waals surface area contributed by atoms with E-state index in [9.17, 15) is 0 Å². The molecule has 1 atom stereocenters.